The molecular weight excluding hydrogens is 754 g/mol. The van der Waals surface area contributed by atoms with Crippen LogP contribution in [0.2, 0.25) is 0 Å². The predicted octanol–water partition coefficient (Wildman–Crippen LogP) is 4.77. The van der Waals surface area contributed by atoms with Crippen LogP contribution in [0.15, 0.2) is 54.6 Å². The number of ketones is 1. The number of halogens is 1. The van der Waals surface area contributed by atoms with Crippen molar-refractivity contribution in [3.63, 3.8) is 0 Å². The summed E-state index contributed by atoms with van der Waals surface area (Å²) in [6, 6.07) is 16.0. The Balaban J connectivity index is 1.15. The van der Waals surface area contributed by atoms with Gasteiger partial charge in [0.05, 0.1) is 45.9 Å². The number of hydrogen-bond donors (Lipinski definition) is 1. The van der Waals surface area contributed by atoms with E-state index < -0.39 is 11.2 Å². The summed E-state index contributed by atoms with van der Waals surface area (Å²) in [5.74, 6) is -0.385. The van der Waals surface area contributed by atoms with Crippen LogP contribution in [0.1, 0.15) is 63.1 Å². The molecule has 0 radical (unpaired) electrons. The first-order valence-corrected chi connectivity index (χ1v) is 19.8. The quantitative estimate of drug-likeness (QED) is 0.0656. The first-order valence-electron chi connectivity index (χ1n) is 19.3. The Morgan fingerprint density at radius 2 is 1.37 bits per heavy atom. The summed E-state index contributed by atoms with van der Waals surface area (Å²) in [5, 5.41) is 2.90. The van der Waals surface area contributed by atoms with Gasteiger partial charge in [-0.25, -0.2) is 0 Å². The van der Waals surface area contributed by atoms with Crippen molar-refractivity contribution in [3.05, 3.63) is 87.9 Å². The molecule has 3 aliphatic heterocycles. The highest BCUT2D eigenvalue weighted by atomic mass is 35.5. The zero-order chi connectivity index (χ0) is 40.1. The number of esters is 2. The number of methoxy groups -OCH3 is 2. The lowest BCUT2D eigenvalue weighted by molar-refractivity contribution is -0.147. The molecule has 3 heterocycles. The van der Waals surface area contributed by atoms with Gasteiger partial charge in [0.2, 0.25) is 0 Å². The topological polar surface area (TPSA) is 169 Å². The van der Waals surface area contributed by atoms with E-state index in [1.165, 1.54) is 14.2 Å². The Morgan fingerprint density at radius 3 is 1.93 bits per heavy atom. The number of nitrogens with one attached hydrogen (secondary N) is 1. The van der Waals surface area contributed by atoms with Crippen LogP contribution >= 0.6 is 11.6 Å². The number of ether oxygens (including phenoxy) is 5. The minimum atomic E-state index is -1.45. The van der Waals surface area contributed by atoms with E-state index in [4.69, 9.17) is 35.3 Å². The van der Waals surface area contributed by atoms with Gasteiger partial charge in [0.15, 0.2) is 5.41 Å². The molecule has 3 aromatic carbocycles. The van der Waals surface area contributed by atoms with Gasteiger partial charge in [-0.15, -0.1) is 11.6 Å². The van der Waals surface area contributed by atoms with Crippen molar-refractivity contribution in [2.24, 2.45) is 11.8 Å². The van der Waals surface area contributed by atoms with Gasteiger partial charge >= 0.3 is 17.7 Å². The first-order chi connectivity index (χ1) is 27.7. The Hall–Kier alpha value is -5.27. The van der Waals surface area contributed by atoms with Gasteiger partial charge in [0.1, 0.15) is 11.5 Å². The second kappa shape index (κ2) is 17.5. The summed E-state index contributed by atoms with van der Waals surface area (Å²) in [7, 11) is 2.74. The zero-order valence-electron chi connectivity index (χ0n) is 32.1. The molecule has 0 saturated carbocycles. The summed E-state index contributed by atoms with van der Waals surface area (Å²) in [6.45, 7) is 3.94. The van der Waals surface area contributed by atoms with Crippen LogP contribution in [0.5, 0.6) is 11.5 Å². The number of fused-ring (bicyclic) bond motifs is 6. The summed E-state index contributed by atoms with van der Waals surface area (Å²) in [4.78, 5) is 59.7. The van der Waals surface area contributed by atoms with Crippen LogP contribution in [-0.2, 0) is 34.0 Å². The van der Waals surface area contributed by atoms with Crippen LogP contribution in [0.3, 0.4) is 0 Å². The molecule has 14 nitrogen and oxygen atoms in total. The fourth-order valence-electron chi connectivity index (χ4n) is 8.08. The molecule has 57 heavy (non-hydrogen) atoms. The van der Waals surface area contributed by atoms with Crippen LogP contribution in [0.4, 0.5) is 11.4 Å². The van der Waals surface area contributed by atoms with Crippen molar-refractivity contribution in [2.45, 2.75) is 31.1 Å². The highest BCUT2D eigenvalue weighted by molar-refractivity contribution is 6.52. The summed E-state index contributed by atoms with van der Waals surface area (Å²) >= 11 is 5.72. The SMILES string of the molecule is COC(=O)C1CN(c2ccc3c(c2)Oc2cc(N4CC(C(=O)OC)C4)ccc2C32C(=[N+]=[N-])C(=O)c3ccc(C(=O)NCCOCCOCCCCCCCl)cc32)C1. The van der Waals surface area contributed by atoms with Crippen molar-refractivity contribution >= 4 is 52.3 Å². The molecule has 15 heteroatoms. The molecule has 0 unspecified atom stereocenters. The first kappa shape index (κ1) is 39.9. The number of anilines is 2. The third-order valence-corrected chi connectivity index (χ3v) is 11.5. The highest BCUT2D eigenvalue weighted by Gasteiger charge is 2.62. The molecule has 3 aromatic rings. The molecule has 0 atom stereocenters. The van der Waals surface area contributed by atoms with Crippen molar-refractivity contribution in [2.75, 3.05) is 89.1 Å². The van der Waals surface area contributed by atoms with E-state index in [9.17, 15) is 24.7 Å². The van der Waals surface area contributed by atoms with Crippen molar-refractivity contribution < 1.29 is 47.7 Å². The number of unbranched alkanes of at least 4 members (excludes halogenated alkanes) is 3. The van der Waals surface area contributed by atoms with Gasteiger partial charge < -0.3 is 44.3 Å². The predicted molar refractivity (Wildman–Crippen MR) is 211 cm³/mol. The minimum Gasteiger partial charge on any atom is -0.469 e. The van der Waals surface area contributed by atoms with Gasteiger partial charge in [0.25, 0.3) is 11.7 Å². The fourth-order valence-corrected chi connectivity index (χ4v) is 8.26. The van der Waals surface area contributed by atoms with Crippen LogP contribution < -0.4 is 19.9 Å². The van der Waals surface area contributed by atoms with E-state index >= 15 is 0 Å². The summed E-state index contributed by atoms with van der Waals surface area (Å²) in [5.41, 5.74) is 12.8. The second-order valence-electron chi connectivity index (χ2n) is 14.6. The van der Waals surface area contributed by atoms with E-state index in [0.29, 0.717) is 91.2 Å². The normalized spacial score (nSPS) is 16.5. The van der Waals surface area contributed by atoms with Gasteiger partial charge in [0, 0.05) is 91.0 Å². The lowest BCUT2D eigenvalue weighted by atomic mass is 9.67. The van der Waals surface area contributed by atoms with Crippen molar-refractivity contribution in [1.82, 2.24) is 5.32 Å². The molecule has 0 aromatic heterocycles. The van der Waals surface area contributed by atoms with E-state index in [-0.39, 0.29) is 48.5 Å². The van der Waals surface area contributed by atoms with E-state index in [2.05, 4.69) is 10.1 Å². The monoisotopic (exact) mass is 799 g/mol. The average Bonchev–Trinajstić information content (AvgIpc) is 3.43. The van der Waals surface area contributed by atoms with Gasteiger partial charge in [-0.3, -0.25) is 19.2 Å². The Bertz CT molecular complexity index is 2010. The third kappa shape index (κ3) is 7.62. The fraction of sp³-hybridized carbons (Fsp3) is 0.452. The standard InChI is InChI=1S/C42H46ClN5O9/c1-53-40(51)27-22-47(23-27)29-8-11-32-35(20-29)57-36-21-30(48-24-28(25-48)41(52)54-2)9-12-33(36)42(32)34-19-26(7-10-31(34)37(49)38(42)46-44)39(50)45-14-16-56-18-17-55-15-6-4-3-5-13-43/h7-12,19-21,27-28H,3-6,13-18,22-25H2,1-2H3,(H,45,50). The lowest BCUT2D eigenvalue weighted by Gasteiger charge is -2.41. The molecule has 1 spiro atoms. The molecule has 1 amide bonds. The molecule has 300 valence electrons. The lowest BCUT2D eigenvalue weighted by Crippen LogP contribution is -2.51. The van der Waals surface area contributed by atoms with Crippen LogP contribution in [0.25, 0.3) is 5.53 Å². The van der Waals surface area contributed by atoms with Crippen LogP contribution in [0, 0.1) is 11.8 Å². The number of hydrogen-bond acceptors (Lipinski definition) is 11. The Labute approximate surface area is 335 Å². The minimum absolute atomic E-state index is 0.128. The van der Waals surface area contributed by atoms with Crippen molar-refractivity contribution in [1.29, 1.82) is 0 Å². The summed E-state index contributed by atoms with van der Waals surface area (Å²) < 4.78 is 27.8. The molecule has 2 fully saturated rings. The number of alkyl halides is 1. The van der Waals surface area contributed by atoms with E-state index in [1.54, 1.807) is 18.2 Å². The maximum Gasteiger partial charge on any atom is 0.358 e. The van der Waals surface area contributed by atoms with Crippen LogP contribution in [-0.4, -0.2) is 113 Å². The Kier molecular flexibility index (Phi) is 12.2. The van der Waals surface area contributed by atoms with Crippen molar-refractivity contribution in [3.8, 4) is 11.5 Å². The molecule has 7 rings (SSSR count). The maximum absolute atomic E-state index is 14.1. The number of amides is 1. The van der Waals surface area contributed by atoms with Gasteiger partial charge in [-0.05, 0) is 48.7 Å². The number of carbonyl (C=O) groups excluding carboxylic acids is 4. The molecule has 0 bridgehead atoms. The molecule has 1 aliphatic carbocycles. The molecule has 1 N–H and O–H groups in total. The molecular formula is C42H46ClN5O9. The third-order valence-electron chi connectivity index (χ3n) is 11.2. The maximum atomic E-state index is 14.1. The largest absolute Gasteiger partial charge is 0.469 e. The number of rotatable bonds is 17. The van der Waals surface area contributed by atoms with E-state index in [1.807, 2.05) is 46.2 Å². The molecule has 4 aliphatic rings. The number of benzene rings is 3. The van der Waals surface area contributed by atoms with Gasteiger partial charge in [-0.2, -0.15) is 4.79 Å². The number of carbonyl (C=O) groups is 4. The van der Waals surface area contributed by atoms with Gasteiger partial charge in [-0.1, -0.05) is 25.0 Å². The number of Topliss-reactive ketones (excluding diaryl/α,β-unsaturated/α-hetero) is 1. The molecule has 2 saturated heterocycles. The highest BCUT2D eigenvalue weighted by Crippen LogP contribution is 2.57. The smallest absolute Gasteiger partial charge is 0.358 e. The second-order valence-corrected chi connectivity index (χ2v) is 15.0. The van der Waals surface area contributed by atoms with E-state index in [0.717, 1.165) is 37.1 Å². The summed E-state index contributed by atoms with van der Waals surface area (Å²) in [6.07, 6.45) is 4.17. The average molecular weight is 800 g/mol. The number of nitrogens with zero attached hydrogens (tertiary/aromatic N) is 4. The zero-order valence-corrected chi connectivity index (χ0v) is 32.8. The Morgan fingerprint density at radius 1 is 0.789 bits per heavy atom.